The molecule has 11 heteroatoms. The van der Waals surface area contributed by atoms with Gasteiger partial charge in [0.2, 0.25) is 5.91 Å². The minimum atomic E-state index is -1.46. The molecule has 1 saturated heterocycles. The Hall–Kier alpha value is -1.79. The molecule has 1 heterocycles. The third-order valence-electron chi connectivity index (χ3n) is 5.36. The van der Waals surface area contributed by atoms with Crippen LogP contribution in [0.1, 0.15) is 52.4 Å². The molecule has 0 aliphatic carbocycles. The molecule has 1 fully saturated rings. The van der Waals surface area contributed by atoms with Crippen LogP contribution in [0.5, 0.6) is 0 Å². The van der Waals surface area contributed by atoms with Crippen molar-refractivity contribution in [3.8, 4) is 0 Å². The molecule has 0 aromatic heterocycles. The average molecular weight is 478 g/mol. The maximum absolute atomic E-state index is 12.3. The molecule has 0 radical (unpaired) electrons. The van der Waals surface area contributed by atoms with Crippen LogP contribution in [0.25, 0.3) is 0 Å². The minimum absolute atomic E-state index is 0.00262. The van der Waals surface area contributed by atoms with Gasteiger partial charge in [0.1, 0.15) is 30.5 Å². The predicted molar refractivity (Wildman–Crippen MR) is 116 cm³/mol. The number of amides is 1. The number of ether oxygens (including phenoxy) is 4. The molecular weight excluding hydrogens is 438 g/mol. The lowest BCUT2D eigenvalue weighted by molar-refractivity contribution is -0.229. The van der Waals surface area contributed by atoms with Gasteiger partial charge in [0, 0.05) is 20.1 Å². The van der Waals surface area contributed by atoms with Crippen molar-refractivity contribution in [2.45, 2.75) is 82.9 Å². The number of aliphatic hydroxyl groups excluding tert-OH is 3. The van der Waals surface area contributed by atoms with Crippen molar-refractivity contribution in [1.82, 2.24) is 5.32 Å². The first-order valence-electron chi connectivity index (χ1n) is 11.5. The Morgan fingerprint density at radius 2 is 1.45 bits per heavy atom. The number of esters is 2. The van der Waals surface area contributed by atoms with E-state index in [0.717, 1.165) is 12.8 Å². The van der Waals surface area contributed by atoms with Gasteiger partial charge in [-0.2, -0.15) is 0 Å². The van der Waals surface area contributed by atoms with Crippen LogP contribution in [0.15, 0.2) is 0 Å². The SMILES string of the molecule is CCCCOC(=O)C(CCC(=O)NCC1OC(COC)C(O)C(O)C1O)C(=O)OCCCC. The molecule has 1 rings (SSSR count). The summed E-state index contributed by atoms with van der Waals surface area (Å²) in [4.78, 5) is 37.0. The summed E-state index contributed by atoms with van der Waals surface area (Å²) in [5, 5.41) is 32.6. The predicted octanol–water partition coefficient (Wildman–Crippen LogP) is -0.318. The summed E-state index contributed by atoms with van der Waals surface area (Å²) >= 11 is 0. The highest BCUT2D eigenvalue weighted by atomic mass is 16.6. The molecule has 0 aromatic rings. The summed E-state index contributed by atoms with van der Waals surface area (Å²) in [5.74, 6) is -3.13. The lowest BCUT2D eigenvalue weighted by atomic mass is 9.95. The zero-order valence-electron chi connectivity index (χ0n) is 19.7. The van der Waals surface area contributed by atoms with E-state index in [2.05, 4.69) is 5.32 Å². The van der Waals surface area contributed by atoms with E-state index >= 15 is 0 Å². The zero-order valence-corrected chi connectivity index (χ0v) is 19.7. The second-order valence-electron chi connectivity index (χ2n) is 8.08. The molecule has 0 bridgehead atoms. The van der Waals surface area contributed by atoms with Gasteiger partial charge in [0.25, 0.3) is 0 Å². The largest absolute Gasteiger partial charge is 0.465 e. The van der Waals surface area contributed by atoms with Gasteiger partial charge in [-0.3, -0.25) is 14.4 Å². The minimum Gasteiger partial charge on any atom is -0.465 e. The first-order chi connectivity index (χ1) is 15.8. The molecule has 33 heavy (non-hydrogen) atoms. The number of hydrogen-bond donors (Lipinski definition) is 4. The van der Waals surface area contributed by atoms with Gasteiger partial charge in [-0.25, -0.2) is 0 Å². The fourth-order valence-electron chi connectivity index (χ4n) is 3.24. The van der Waals surface area contributed by atoms with Gasteiger partial charge in [0.15, 0.2) is 5.92 Å². The molecule has 192 valence electrons. The highest BCUT2D eigenvalue weighted by Crippen LogP contribution is 2.21. The maximum Gasteiger partial charge on any atom is 0.320 e. The van der Waals surface area contributed by atoms with E-state index in [-0.39, 0.29) is 39.2 Å². The highest BCUT2D eigenvalue weighted by molar-refractivity contribution is 5.95. The van der Waals surface area contributed by atoms with Crippen molar-refractivity contribution in [3.05, 3.63) is 0 Å². The molecule has 4 N–H and O–H groups in total. The summed E-state index contributed by atoms with van der Waals surface area (Å²) in [6.45, 7) is 4.12. The van der Waals surface area contributed by atoms with Crippen molar-refractivity contribution in [3.63, 3.8) is 0 Å². The van der Waals surface area contributed by atoms with Crippen molar-refractivity contribution >= 4 is 17.8 Å². The van der Waals surface area contributed by atoms with Crippen LogP contribution in [0.3, 0.4) is 0 Å². The monoisotopic (exact) mass is 477 g/mol. The lowest BCUT2D eigenvalue weighted by Gasteiger charge is -2.40. The van der Waals surface area contributed by atoms with E-state index in [1.165, 1.54) is 7.11 Å². The number of nitrogens with one attached hydrogen (secondary N) is 1. The van der Waals surface area contributed by atoms with Crippen molar-refractivity contribution in [2.24, 2.45) is 5.92 Å². The fraction of sp³-hybridized carbons (Fsp3) is 0.864. The summed E-state index contributed by atoms with van der Waals surface area (Å²) in [5.41, 5.74) is 0. The fourth-order valence-corrected chi connectivity index (χ4v) is 3.24. The Labute approximate surface area is 194 Å². The zero-order chi connectivity index (χ0) is 24.8. The van der Waals surface area contributed by atoms with Gasteiger partial charge < -0.3 is 39.6 Å². The number of carbonyl (C=O) groups excluding carboxylic acids is 3. The third-order valence-corrected chi connectivity index (χ3v) is 5.36. The molecular formula is C22H39NO10. The van der Waals surface area contributed by atoms with E-state index in [4.69, 9.17) is 18.9 Å². The third kappa shape index (κ3) is 9.93. The van der Waals surface area contributed by atoms with Crippen LogP contribution in [0.2, 0.25) is 0 Å². The van der Waals surface area contributed by atoms with Crippen molar-refractivity contribution in [1.29, 1.82) is 0 Å². The molecule has 1 aliphatic rings. The summed E-state index contributed by atoms with van der Waals surface area (Å²) in [6, 6.07) is 0. The number of aliphatic hydroxyl groups is 3. The van der Waals surface area contributed by atoms with Gasteiger partial charge in [-0.15, -0.1) is 0 Å². The van der Waals surface area contributed by atoms with Crippen LogP contribution >= 0.6 is 0 Å². The highest BCUT2D eigenvalue weighted by Gasteiger charge is 2.43. The average Bonchev–Trinajstić information content (AvgIpc) is 2.79. The van der Waals surface area contributed by atoms with E-state index in [1.54, 1.807) is 0 Å². The second kappa shape index (κ2) is 15.9. The molecule has 0 aromatic carbocycles. The summed E-state index contributed by atoms with van der Waals surface area (Å²) in [6.07, 6.45) is -3.31. The molecule has 5 atom stereocenters. The van der Waals surface area contributed by atoms with E-state index < -0.39 is 54.3 Å². The number of hydrogen-bond acceptors (Lipinski definition) is 10. The van der Waals surface area contributed by atoms with E-state index in [0.29, 0.717) is 12.8 Å². The second-order valence-corrected chi connectivity index (χ2v) is 8.08. The lowest BCUT2D eigenvalue weighted by Crippen LogP contribution is -2.61. The first kappa shape index (κ1) is 29.2. The normalized spacial score (nSPS) is 25.0. The van der Waals surface area contributed by atoms with Crippen LogP contribution in [-0.4, -0.2) is 97.2 Å². The van der Waals surface area contributed by atoms with Crippen LogP contribution in [0.4, 0.5) is 0 Å². The van der Waals surface area contributed by atoms with E-state index in [1.807, 2.05) is 13.8 Å². The standard InChI is InChI=1S/C22H39NO10/c1-4-6-10-31-21(28)14(22(29)32-11-7-5-2)8-9-17(24)23-12-15-18(25)20(27)19(26)16(33-15)13-30-3/h14-16,18-20,25-27H,4-13H2,1-3H3,(H,23,24). The van der Waals surface area contributed by atoms with Gasteiger partial charge in [-0.05, 0) is 19.3 Å². The molecule has 5 unspecified atom stereocenters. The number of methoxy groups -OCH3 is 1. The Kier molecular flexibility index (Phi) is 14.1. The quantitative estimate of drug-likeness (QED) is 0.140. The van der Waals surface area contributed by atoms with Crippen LogP contribution in [-0.2, 0) is 33.3 Å². The Bertz CT molecular complexity index is 580. The number of carbonyl (C=O) groups is 3. The number of unbranched alkanes of at least 4 members (excludes halogenated alkanes) is 2. The van der Waals surface area contributed by atoms with Crippen LogP contribution < -0.4 is 5.32 Å². The Morgan fingerprint density at radius 3 is 1.97 bits per heavy atom. The Morgan fingerprint density at radius 1 is 0.909 bits per heavy atom. The molecule has 1 aliphatic heterocycles. The van der Waals surface area contributed by atoms with Crippen LogP contribution in [0, 0.1) is 5.92 Å². The summed E-state index contributed by atoms with van der Waals surface area (Å²) < 4.78 is 20.8. The van der Waals surface area contributed by atoms with Gasteiger partial charge >= 0.3 is 11.9 Å². The molecule has 0 saturated carbocycles. The molecule has 0 spiro atoms. The van der Waals surface area contributed by atoms with E-state index in [9.17, 15) is 29.7 Å². The van der Waals surface area contributed by atoms with Crippen molar-refractivity contribution in [2.75, 3.05) is 33.5 Å². The van der Waals surface area contributed by atoms with Gasteiger partial charge in [0.05, 0.1) is 19.8 Å². The van der Waals surface area contributed by atoms with Gasteiger partial charge in [-0.1, -0.05) is 26.7 Å². The molecule has 1 amide bonds. The maximum atomic E-state index is 12.3. The number of rotatable bonds is 15. The first-order valence-corrected chi connectivity index (χ1v) is 11.5. The summed E-state index contributed by atoms with van der Waals surface area (Å²) in [7, 11) is 1.40. The topological polar surface area (TPSA) is 161 Å². The Balaban J connectivity index is 2.60. The smallest absolute Gasteiger partial charge is 0.320 e. The molecule has 11 nitrogen and oxygen atoms in total. The van der Waals surface area contributed by atoms with Crippen molar-refractivity contribution < 1.29 is 48.7 Å².